The molecule has 0 aliphatic heterocycles. The van der Waals surface area contributed by atoms with Gasteiger partial charge < -0.3 is 27.2 Å². The first-order valence-corrected chi connectivity index (χ1v) is 7.21. The zero-order valence-electron chi connectivity index (χ0n) is 12.4. The third-order valence-corrected chi connectivity index (χ3v) is 3.19. The number of carbonyl (C=O) groups excluding carboxylic acids is 3. The summed E-state index contributed by atoms with van der Waals surface area (Å²) in [6, 6.07) is -3.34. The smallest absolute Gasteiger partial charge is 0.326 e. The lowest BCUT2D eigenvalue weighted by Crippen LogP contribution is -2.57. The summed E-state index contributed by atoms with van der Waals surface area (Å²) in [6.07, 6.45) is -0.546. The van der Waals surface area contributed by atoms with Gasteiger partial charge in [0.05, 0.1) is 12.5 Å². The predicted molar refractivity (Wildman–Crippen MR) is 82.0 cm³/mol. The minimum Gasteiger partial charge on any atom is -0.480 e. The van der Waals surface area contributed by atoms with Crippen molar-refractivity contribution in [2.45, 2.75) is 38.4 Å². The van der Waals surface area contributed by atoms with E-state index in [0.717, 1.165) is 0 Å². The lowest BCUT2D eigenvalue weighted by atomic mass is 10.0. The molecule has 126 valence electrons. The molecule has 0 aliphatic rings. The molecule has 22 heavy (non-hydrogen) atoms. The monoisotopic (exact) mass is 334 g/mol. The predicted octanol–water partition coefficient (Wildman–Crippen LogP) is -2.17. The average molecular weight is 334 g/mol. The van der Waals surface area contributed by atoms with Gasteiger partial charge in [0.25, 0.3) is 0 Å². The summed E-state index contributed by atoms with van der Waals surface area (Å²) in [5.74, 6) is -3.80. The van der Waals surface area contributed by atoms with Crippen molar-refractivity contribution in [2.75, 3.05) is 5.75 Å². The number of hydrogen-bond acceptors (Lipinski definition) is 6. The van der Waals surface area contributed by atoms with E-state index in [0.29, 0.717) is 0 Å². The highest BCUT2D eigenvalue weighted by molar-refractivity contribution is 7.80. The van der Waals surface area contributed by atoms with E-state index in [1.54, 1.807) is 13.8 Å². The van der Waals surface area contributed by atoms with Crippen LogP contribution in [-0.2, 0) is 19.2 Å². The van der Waals surface area contributed by atoms with Crippen LogP contribution in [0.2, 0.25) is 0 Å². The van der Waals surface area contributed by atoms with Crippen LogP contribution in [0.5, 0.6) is 0 Å². The fourth-order valence-corrected chi connectivity index (χ4v) is 1.71. The molecule has 7 N–H and O–H groups in total. The molecule has 3 amide bonds. The third kappa shape index (κ3) is 6.76. The number of carbonyl (C=O) groups is 4. The second-order valence-corrected chi connectivity index (χ2v) is 5.45. The Labute approximate surface area is 133 Å². The van der Waals surface area contributed by atoms with Gasteiger partial charge in [0.1, 0.15) is 12.1 Å². The molecule has 10 heteroatoms. The van der Waals surface area contributed by atoms with Gasteiger partial charge in [-0.05, 0) is 5.92 Å². The largest absolute Gasteiger partial charge is 0.480 e. The van der Waals surface area contributed by atoms with E-state index in [2.05, 4.69) is 23.3 Å². The summed E-state index contributed by atoms with van der Waals surface area (Å²) in [5, 5.41) is 13.6. The van der Waals surface area contributed by atoms with Gasteiger partial charge in [-0.15, -0.1) is 0 Å². The van der Waals surface area contributed by atoms with Crippen LogP contribution < -0.4 is 22.1 Å². The summed E-state index contributed by atoms with van der Waals surface area (Å²) in [6.45, 7) is 3.33. The normalized spacial score (nSPS) is 14.8. The van der Waals surface area contributed by atoms with E-state index in [1.807, 2.05) is 0 Å². The van der Waals surface area contributed by atoms with Gasteiger partial charge in [-0.1, -0.05) is 13.8 Å². The number of carboxylic acid groups (broad SMARTS) is 1. The number of thiol groups is 1. The van der Waals surface area contributed by atoms with Crippen LogP contribution in [0.4, 0.5) is 0 Å². The number of primary amides is 1. The molecule has 0 unspecified atom stereocenters. The van der Waals surface area contributed by atoms with E-state index < -0.39 is 48.2 Å². The quantitative estimate of drug-likeness (QED) is 0.263. The molecule has 0 bridgehead atoms. The first kappa shape index (κ1) is 20.2. The van der Waals surface area contributed by atoms with Gasteiger partial charge in [-0.25, -0.2) is 4.79 Å². The van der Waals surface area contributed by atoms with Gasteiger partial charge in [-0.2, -0.15) is 12.6 Å². The van der Waals surface area contributed by atoms with Crippen molar-refractivity contribution in [2.24, 2.45) is 17.4 Å². The summed E-state index contributed by atoms with van der Waals surface area (Å²) >= 11 is 3.89. The molecule has 0 radical (unpaired) electrons. The van der Waals surface area contributed by atoms with Crippen molar-refractivity contribution in [3.63, 3.8) is 0 Å². The number of rotatable bonds is 9. The molecular formula is C12H22N4O5S. The Kier molecular flexibility index (Phi) is 8.50. The Morgan fingerprint density at radius 1 is 1.14 bits per heavy atom. The number of nitrogens with one attached hydrogen (secondary N) is 2. The van der Waals surface area contributed by atoms with Crippen molar-refractivity contribution in [1.82, 2.24) is 10.6 Å². The SMILES string of the molecule is CC(C)[C@H](NC(=O)[C@@H](N)CS)C(=O)N[C@@H](CC(N)=O)C(=O)O. The standard InChI is InChI=1S/C12H22N4O5S/c1-5(2)9(16-10(18)6(13)4-22)11(19)15-7(12(20)21)3-8(14)17/h5-7,9,22H,3-4,13H2,1-2H3,(H2,14,17)(H,15,19)(H,16,18)(H,20,21)/t6-,7-,9-/m0/s1. The number of hydrogen-bond donors (Lipinski definition) is 6. The van der Waals surface area contributed by atoms with Crippen LogP contribution in [0.3, 0.4) is 0 Å². The fourth-order valence-electron chi connectivity index (χ4n) is 1.54. The molecule has 0 aromatic heterocycles. The highest BCUT2D eigenvalue weighted by Gasteiger charge is 2.30. The highest BCUT2D eigenvalue weighted by atomic mass is 32.1. The van der Waals surface area contributed by atoms with Crippen molar-refractivity contribution < 1.29 is 24.3 Å². The summed E-state index contributed by atoms with van der Waals surface area (Å²) in [4.78, 5) is 45.7. The van der Waals surface area contributed by atoms with E-state index in [-0.39, 0.29) is 11.7 Å². The molecule has 0 aromatic carbocycles. The third-order valence-electron chi connectivity index (χ3n) is 2.80. The van der Waals surface area contributed by atoms with Crippen LogP contribution in [-0.4, -0.2) is 52.7 Å². The Morgan fingerprint density at radius 2 is 1.68 bits per heavy atom. The van der Waals surface area contributed by atoms with E-state index >= 15 is 0 Å². The molecule has 0 rings (SSSR count). The van der Waals surface area contributed by atoms with Crippen LogP contribution in [0.15, 0.2) is 0 Å². The minimum absolute atomic E-state index is 0.0949. The number of nitrogens with two attached hydrogens (primary N) is 2. The highest BCUT2D eigenvalue weighted by Crippen LogP contribution is 2.04. The minimum atomic E-state index is -1.46. The maximum absolute atomic E-state index is 12.1. The second kappa shape index (κ2) is 9.26. The fraction of sp³-hybridized carbons (Fsp3) is 0.667. The zero-order chi connectivity index (χ0) is 17.4. The van der Waals surface area contributed by atoms with Gasteiger partial charge in [0.15, 0.2) is 0 Å². The van der Waals surface area contributed by atoms with Gasteiger partial charge in [0, 0.05) is 5.75 Å². The van der Waals surface area contributed by atoms with Crippen LogP contribution in [0.1, 0.15) is 20.3 Å². The molecule has 3 atom stereocenters. The Hall–Kier alpha value is -1.81. The van der Waals surface area contributed by atoms with Crippen LogP contribution in [0, 0.1) is 5.92 Å². The lowest BCUT2D eigenvalue weighted by molar-refractivity contribution is -0.144. The Balaban J connectivity index is 4.95. The first-order chi connectivity index (χ1) is 10.1. The molecule has 0 aromatic rings. The van der Waals surface area contributed by atoms with Gasteiger partial charge in [0.2, 0.25) is 17.7 Å². The maximum atomic E-state index is 12.1. The van der Waals surface area contributed by atoms with E-state index in [1.165, 1.54) is 0 Å². The maximum Gasteiger partial charge on any atom is 0.326 e. The molecule has 0 aliphatic carbocycles. The molecule has 0 spiro atoms. The Morgan fingerprint density at radius 3 is 2.05 bits per heavy atom. The lowest BCUT2D eigenvalue weighted by Gasteiger charge is -2.24. The zero-order valence-corrected chi connectivity index (χ0v) is 13.3. The molecular weight excluding hydrogens is 312 g/mol. The first-order valence-electron chi connectivity index (χ1n) is 6.58. The molecule has 9 nitrogen and oxygen atoms in total. The Bertz CT molecular complexity index is 443. The number of amides is 3. The second-order valence-electron chi connectivity index (χ2n) is 5.09. The van der Waals surface area contributed by atoms with Crippen LogP contribution in [0.25, 0.3) is 0 Å². The van der Waals surface area contributed by atoms with Crippen molar-refractivity contribution in [3.8, 4) is 0 Å². The number of aliphatic carboxylic acids is 1. The van der Waals surface area contributed by atoms with Gasteiger partial charge in [-0.3, -0.25) is 14.4 Å². The van der Waals surface area contributed by atoms with Crippen molar-refractivity contribution in [3.05, 3.63) is 0 Å². The van der Waals surface area contributed by atoms with Crippen molar-refractivity contribution >= 4 is 36.3 Å². The summed E-state index contributed by atoms with van der Waals surface area (Å²) in [7, 11) is 0. The molecule has 0 fully saturated rings. The topological polar surface area (TPSA) is 165 Å². The van der Waals surface area contributed by atoms with Crippen LogP contribution >= 0.6 is 12.6 Å². The average Bonchev–Trinajstić information content (AvgIpc) is 2.41. The van der Waals surface area contributed by atoms with Gasteiger partial charge >= 0.3 is 5.97 Å². The van der Waals surface area contributed by atoms with E-state index in [4.69, 9.17) is 16.6 Å². The summed E-state index contributed by atoms with van der Waals surface area (Å²) in [5.41, 5.74) is 10.4. The molecule has 0 saturated heterocycles. The molecule has 0 saturated carbocycles. The van der Waals surface area contributed by atoms with Crippen molar-refractivity contribution in [1.29, 1.82) is 0 Å². The number of carboxylic acids is 1. The molecule has 0 heterocycles. The van der Waals surface area contributed by atoms with E-state index in [9.17, 15) is 19.2 Å². The summed E-state index contributed by atoms with van der Waals surface area (Å²) < 4.78 is 0.